The molecule has 1 aromatic heterocycles. The van der Waals surface area contributed by atoms with Crippen molar-refractivity contribution in [1.82, 2.24) is 4.98 Å². The van der Waals surface area contributed by atoms with E-state index < -0.39 is 0 Å². The standard InChI is InChI=1S/C16H17N3O2/c1-9(2)7-18-11-8-19-15-13-10(4-5-17-14(11)13)6-12(21-3)16(15)20/h4-6,8-9,20H,7H2,1-3H3. The van der Waals surface area contributed by atoms with Crippen LogP contribution in [0.2, 0.25) is 0 Å². The smallest absolute Gasteiger partial charge is 0.184 e. The van der Waals surface area contributed by atoms with Gasteiger partial charge in [0.1, 0.15) is 11.4 Å². The number of aromatic hydroxyl groups is 1. The van der Waals surface area contributed by atoms with Crippen molar-refractivity contribution in [2.45, 2.75) is 13.8 Å². The highest BCUT2D eigenvalue weighted by Crippen LogP contribution is 2.44. The van der Waals surface area contributed by atoms with E-state index in [0.717, 1.165) is 28.7 Å². The predicted octanol–water partition coefficient (Wildman–Crippen LogP) is 3.11. The highest BCUT2D eigenvalue weighted by atomic mass is 16.5. The largest absolute Gasteiger partial charge is 0.503 e. The van der Waals surface area contributed by atoms with Crippen molar-refractivity contribution in [1.29, 1.82) is 0 Å². The van der Waals surface area contributed by atoms with Crippen LogP contribution in [0, 0.1) is 5.92 Å². The third-order valence-corrected chi connectivity index (χ3v) is 3.37. The number of aromatic nitrogens is 1. The van der Waals surface area contributed by atoms with Gasteiger partial charge in [-0.15, -0.1) is 0 Å². The first-order valence-corrected chi connectivity index (χ1v) is 6.89. The van der Waals surface area contributed by atoms with Crippen LogP contribution in [0.4, 0.5) is 5.69 Å². The van der Waals surface area contributed by atoms with Crippen molar-refractivity contribution in [3.8, 4) is 11.5 Å². The van der Waals surface area contributed by atoms with Crippen molar-refractivity contribution in [3.63, 3.8) is 0 Å². The van der Waals surface area contributed by atoms with Crippen molar-refractivity contribution < 1.29 is 9.84 Å². The van der Waals surface area contributed by atoms with Gasteiger partial charge in [-0.25, -0.2) is 4.99 Å². The first-order chi connectivity index (χ1) is 10.1. The van der Waals surface area contributed by atoms with Gasteiger partial charge in [-0.1, -0.05) is 13.8 Å². The third kappa shape index (κ3) is 2.24. The minimum absolute atomic E-state index is 0.0402. The summed E-state index contributed by atoms with van der Waals surface area (Å²) in [5.41, 5.74) is 2.01. The fourth-order valence-corrected chi connectivity index (χ4v) is 2.35. The normalized spacial score (nSPS) is 15.1. The van der Waals surface area contributed by atoms with Crippen LogP contribution in [0.25, 0.3) is 10.8 Å². The molecule has 2 heterocycles. The van der Waals surface area contributed by atoms with Crippen molar-refractivity contribution in [3.05, 3.63) is 24.0 Å². The number of phenolic OH excluding ortho intramolecular Hbond substituents is 1. The average molecular weight is 283 g/mol. The van der Waals surface area contributed by atoms with Gasteiger partial charge in [-0.05, 0) is 23.4 Å². The van der Waals surface area contributed by atoms with Crippen molar-refractivity contribution in [2.24, 2.45) is 15.9 Å². The Morgan fingerprint density at radius 3 is 2.90 bits per heavy atom. The number of aliphatic imine (C=N–C) groups is 2. The molecule has 0 amide bonds. The van der Waals surface area contributed by atoms with E-state index in [1.54, 1.807) is 18.5 Å². The van der Waals surface area contributed by atoms with Crippen molar-refractivity contribution in [2.75, 3.05) is 13.7 Å². The van der Waals surface area contributed by atoms with Gasteiger partial charge in [0.05, 0.1) is 19.0 Å². The summed E-state index contributed by atoms with van der Waals surface area (Å²) in [6.07, 6.45) is 3.40. The Hall–Kier alpha value is -2.43. The summed E-state index contributed by atoms with van der Waals surface area (Å²) in [7, 11) is 1.53. The molecule has 0 saturated carbocycles. The van der Waals surface area contributed by atoms with Gasteiger partial charge in [0.25, 0.3) is 0 Å². The minimum Gasteiger partial charge on any atom is -0.503 e. The van der Waals surface area contributed by atoms with Crippen LogP contribution < -0.4 is 4.74 Å². The molecule has 1 N–H and O–H groups in total. The quantitative estimate of drug-likeness (QED) is 0.941. The van der Waals surface area contributed by atoms with Crippen LogP contribution in [0.15, 0.2) is 28.3 Å². The van der Waals surface area contributed by atoms with Gasteiger partial charge >= 0.3 is 0 Å². The predicted molar refractivity (Wildman–Crippen MR) is 84.4 cm³/mol. The van der Waals surface area contributed by atoms with E-state index in [9.17, 15) is 5.11 Å². The topological polar surface area (TPSA) is 67.1 Å². The van der Waals surface area contributed by atoms with Gasteiger partial charge < -0.3 is 9.84 Å². The zero-order valence-electron chi connectivity index (χ0n) is 12.3. The fraction of sp³-hybridized carbons (Fsp3) is 0.312. The molecule has 0 bridgehead atoms. The molecule has 0 fully saturated rings. The van der Waals surface area contributed by atoms with E-state index in [1.807, 2.05) is 6.07 Å². The number of hydrogen-bond donors (Lipinski definition) is 1. The summed E-state index contributed by atoms with van der Waals surface area (Å²) < 4.78 is 5.19. The number of methoxy groups -OCH3 is 1. The monoisotopic (exact) mass is 283 g/mol. The molecule has 21 heavy (non-hydrogen) atoms. The van der Waals surface area contributed by atoms with Gasteiger partial charge in [-0.2, -0.15) is 0 Å². The molecule has 1 aliphatic rings. The summed E-state index contributed by atoms with van der Waals surface area (Å²) in [6, 6.07) is 3.67. The lowest BCUT2D eigenvalue weighted by atomic mass is 10.0. The van der Waals surface area contributed by atoms with Crippen LogP contribution in [0.5, 0.6) is 11.5 Å². The molecule has 5 heteroatoms. The minimum atomic E-state index is 0.0402. The zero-order valence-corrected chi connectivity index (χ0v) is 12.3. The molecule has 0 unspecified atom stereocenters. The van der Waals surface area contributed by atoms with E-state index >= 15 is 0 Å². The molecule has 3 rings (SSSR count). The SMILES string of the molecule is COc1cc2ccnc3c2c(c1O)N=CC3=NCC(C)C. The molecule has 0 saturated heterocycles. The molecule has 1 aromatic carbocycles. The van der Waals surface area contributed by atoms with Gasteiger partial charge in [0.15, 0.2) is 11.5 Å². The Morgan fingerprint density at radius 1 is 1.38 bits per heavy atom. The molecular formula is C16H17N3O2. The number of hydrogen-bond acceptors (Lipinski definition) is 5. The first kappa shape index (κ1) is 13.5. The first-order valence-electron chi connectivity index (χ1n) is 6.89. The average Bonchev–Trinajstić information content (AvgIpc) is 2.49. The lowest BCUT2D eigenvalue weighted by Gasteiger charge is -2.16. The number of ether oxygens (including phenoxy) is 1. The van der Waals surface area contributed by atoms with Crippen LogP contribution in [-0.2, 0) is 0 Å². The van der Waals surface area contributed by atoms with E-state index in [0.29, 0.717) is 17.4 Å². The number of rotatable bonds is 3. The van der Waals surface area contributed by atoms with Gasteiger partial charge in [-0.3, -0.25) is 9.98 Å². The summed E-state index contributed by atoms with van der Waals surface area (Å²) in [5, 5.41) is 12.0. The second-order valence-electron chi connectivity index (χ2n) is 5.41. The number of pyridine rings is 1. The van der Waals surface area contributed by atoms with Crippen LogP contribution >= 0.6 is 0 Å². The lowest BCUT2D eigenvalue weighted by Crippen LogP contribution is -2.11. The summed E-state index contributed by atoms with van der Waals surface area (Å²) in [5.74, 6) is 0.920. The number of nitrogens with zero attached hydrogens (tertiary/aromatic N) is 3. The maximum Gasteiger partial charge on any atom is 0.184 e. The molecule has 0 spiro atoms. The Kier molecular flexibility index (Phi) is 3.33. The molecule has 1 aliphatic heterocycles. The Labute approximate surface area is 123 Å². The lowest BCUT2D eigenvalue weighted by molar-refractivity contribution is 0.375. The zero-order chi connectivity index (χ0) is 15.0. The van der Waals surface area contributed by atoms with Crippen molar-refractivity contribution >= 4 is 28.4 Å². The van der Waals surface area contributed by atoms with E-state index in [2.05, 4.69) is 28.8 Å². The maximum absolute atomic E-state index is 10.2. The second kappa shape index (κ2) is 5.16. The van der Waals surface area contributed by atoms with E-state index in [-0.39, 0.29) is 5.75 Å². The van der Waals surface area contributed by atoms with Gasteiger partial charge in [0.2, 0.25) is 0 Å². The summed E-state index contributed by atoms with van der Waals surface area (Å²) in [6.45, 7) is 4.95. The number of benzene rings is 1. The van der Waals surface area contributed by atoms with Crippen LogP contribution in [-0.4, -0.2) is 35.7 Å². The number of phenols is 1. The van der Waals surface area contributed by atoms with Crippen LogP contribution in [0.1, 0.15) is 19.5 Å². The molecular weight excluding hydrogens is 266 g/mol. The molecule has 0 aliphatic carbocycles. The molecule has 2 aromatic rings. The third-order valence-electron chi connectivity index (χ3n) is 3.37. The molecule has 0 radical (unpaired) electrons. The molecule has 0 atom stereocenters. The van der Waals surface area contributed by atoms with Crippen LogP contribution in [0.3, 0.4) is 0 Å². The molecule has 108 valence electrons. The van der Waals surface area contributed by atoms with Gasteiger partial charge in [0, 0.05) is 18.1 Å². The Bertz CT molecular complexity index is 764. The maximum atomic E-state index is 10.2. The van der Waals surface area contributed by atoms with E-state index in [1.165, 1.54) is 7.11 Å². The highest BCUT2D eigenvalue weighted by Gasteiger charge is 2.21. The molecule has 5 nitrogen and oxygen atoms in total. The Balaban J connectivity index is 2.25. The Morgan fingerprint density at radius 2 is 2.19 bits per heavy atom. The second-order valence-corrected chi connectivity index (χ2v) is 5.41. The summed E-state index contributed by atoms with van der Waals surface area (Å²) >= 11 is 0. The fourth-order valence-electron chi connectivity index (χ4n) is 2.35. The highest BCUT2D eigenvalue weighted by molar-refractivity contribution is 6.43. The van der Waals surface area contributed by atoms with E-state index in [4.69, 9.17) is 4.74 Å². The summed E-state index contributed by atoms with van der Waals surface area (Å²) in [4.78, 5) is 13.3.